The third kappa shape index (κ3) is 2.65. The molecule has 1 atom stereocenters. The molecule has 1 N–H and O–H groups in total. The number of fused-ring (bicyclic) bond motifs is 1. The van der Waals surface area contributed by atoms with Crippen molar-refractivity contribution in [3.05, 3.63) is 59.2 Å². The number of halogens is 1. The van der Waals surface area contributed by atoms with Gasteiger partial charge in [-0.2, -0.15) is 0 Å². The van der Waals surface area contributed by atoms with Gasteiger partial charge < -0.3 is 9.84 Å². The molecular formula is C16H16FNO2. The second-order valence-electron chi connectivity index (χ2n) is 4.99. The summed E-state index contributed by atoms with van der Waals surface area (Å²) in [6.45, 7) is 0.740. The predicted molar refractivity (Wildman–Crippen MR) is 73.1 cm³/mol. The summed E-state index contributed by atoms with van der Waals surface area (Å²) in [6.07, 6.45) is 3.95. The maximum absolute atomic E-state index is 13.5. The fourth-order valence-electron chi connectivity index (χ4n) is 2.51. The molecule has 20 heavy (non-hydrogen) atoms. The van der Waals surface area contributed by atoms with Crippen LogP contribution < -0.4 is 4.74 Å². The van der Waals surface area contributed by atoms with E-state index >= 15 is 0 Å². The molecule has 1 aromatic carbocycles. The maximum atomic E-state index is 13.5. The van der Waals surface area contributed by atoms with E-state index in [4.69, 9.17) is 4.74 Å². The van der Waals surface area contributed by atoms with Gasteiger partial charge >= 0.3 is 0 Å². The number of aryl methyl sites for hydroxylation is 1. The van der Waals surface area contributed by atoms with Crippen LogP contribution in [-0.2, 0) is 12.8 Å². The average molecular weight is 273 g/mol. The number of nitrogens with zero attached hydrogens (tertiary/aromatic N) is 1. The molecule has 3 rings (SSSR count). The Morgan fingerprint density at radius 3 is 3.10 bits per heavy atom. The first-order chi connectivity index (χ1) is 9.74. The highest BCUT2D eigenvalue weighted by atomic mass is 19.1. The SMILES string of the molecule is OC(CCc1ccc2c(c1)CCO2)c1ccncc1F. The summed E-state index contributed by atoms with van der Waals surface area (Å²) in [5, 5.41) is 10.1. The van der Waals surface area contributed by atoms with Gasteiger partial charge in [-0.3, -0.25) is 4.98 Å². The molecule has 2 aromatic rings. The highest BCUT2D eigenvalue weighted by Crippen LogP contribution is 2.27. The Labute approximate surface area is 117 Å². The second kappa shape index (κ2) is 5.59. The van der Waals surface area contributed by atoms with Crippen molar-refractivity contribution in [3.8, 4) is 5.75 Å². The lowest BCUT2D eigenvalue weighted by Gasteiger charge is -2.12. The molecule has 0 aliphatic carbocycles. The summed E-state index contributed by atoms with van der Waals surface area (Å²) in [6, 6.07) is 7.60. The predicted octanol–water partition coefficient (Wildman–Crippen LogP) is 2.82. The van der Waals surface area contributed by atoms with Crippen LogP contribution in [0.15, 0.2) is 36.7 Å². The molecule has 3 nitrogen and oxygen atoms in total. The fraction of sp³-hybridized carbons (Fsp3) is 0.312. The minimum absolute atomic E-state index is 0.310. The summed E-state index contributed by atoms with van der Waals surface area (Å²) < 4.78 is 19.0. The number of aromatic nitrogens is 1. The number of hydrogen-bond acceptors (Lipinski definition) is 3. The van der Waals surface area contributed by atoms with Crippen LogP contribution >= 0.6 is 0 Å². The first-order valence-corrected chi connectivity index (χ1v) is 6.76. The first kappa shape index (κ1) is 13.1. The van der Waals surface area contributed by atoms with Gasteiger partial charge in [0.1, 0.15) is 11.6 Å². The Bertz CT molecular complexity index is 615. The van der Waals surface area contributed by atoms with Crippen molar-refractivity contribution in [3.63, 3.8) is 0 Å². The number of aliphatic hydroxyl groups is 1. The van der Waals surface area contributed by atoms with Gasteiger partial charge in [0, 0.05) is 18.2 Å². The lowest BCUT2D eigenvalue weighted by Crippen LogP contribution is -2.03. The molecule has 1 unspecified atom stereocenters. The minimum atomic E-state index is -0.803. The van der Waals surface area contributed by atoms with E-state index in [9.17, 15) is 9.50 Å². The number of pyridine rings is 1. The number of ether oxygens (including phenoxy) is 1. The summed E-state index contributed by atoms with van der Waals surface area (Å²) in [5.74, 6) is 0.497. The van der Waals surface area contributed by atoms with Gasteiger partial charge in [0.15, 0.2) is 0 Å². The van der Waals surface area contributed by atoms with Crippen LogP contribution in [0.5, 0.6) is 5.75 Å². The molecule has 0 fully saturated rings. The van der Waals surface area contributed by atoms with E-state index < -0.39 is 11.9 Å². The Hall–Kier alpha value is -1.94. The van der Waals surface area contributed by atoms with Crippen LogP contribution in [-0.4, -0.2) is 16.7 Å². The van der Waals surface area contributed by atoms with Gasteiger partial charge in [-0.05, 0) is 36.1 Å². The molecule has 104 valence electrons. The van der Waals surface area contributed by atoms with Crippen LogP contribution in [0.1, 0.15) is 29.2 Å². The number of aliphatic hydroxyl groups excluding tert-OH is 1. The fourth-order valence-corrected chi connectivity index (χ4v) is 2.51. The van der Waals surface area contributed by atoms with E-state index in [1.807, 2.05) is 12.1 Å². The van der Waals surface area contributed by atoms with E-state index in [2.05, 4.69) is 11.1 Å². The summed E-state index contributed by atoms with van der Waals surface area (Å²) in [5.41, 5.74) is 2.67. The van der Waals surface area contributed by atoms with E-state index in [1.54, 1.807) is 0 Å². The molecule has 4 heteroatoms. The second-order valence-corrected chi connectivity index (χ2v) is 4.99. The molecule has 0 saturated carbocycles. The van der Waals surface area contributed by atoms with Gasteiger partial charge in [0.25, 0.3) is 0 Å². The van der Waals surface area contributed by atoms with Gasteiger partial charge in [-0.15, -0.1) is 0 Å². The normalized spacial score (nSPS) is 14.7. The number of benzene rings is 1. The zero-order valence-electron chi connectivity index (χ0n) is 11.1. The Balaban J connectivity index is 1.66. The van der Waals surface area contributed by atoms with Crippen LogP contribution in [0, 0.1) is 5.82 Å². The average Bonchev–Trinajstić information content (AvgIpc) is 2.92. The van der Waals surface area contributed by atoms with Crippen LogP contribution in [0.25, 0.3) is 0 Å². The Morgan fingerprint density at radius 2 is 2.25 bits per heavy atom. The van der Waals surface area contributed by atoms with Crippen molar-refractivity contribution >= 4 is 0 Å². The molecule has 0 saturated heterocycles. The van der Waals surface area contributed by atoms with Crippen molar-refractivity contribution in [1.29, 1.82) is 0 Å². The molecule has 0 bridgehead atoms. The highest BCUT2D eigenvalue weighted by molar-refractivity contribution is 5.39. The van der Waals surface area contributed by atoms with Crippen molar-refractivity contribution in [2.75, 3.05) is 6.61 Å². The Morgan fingerprint density at radius 1 is 1.35 bits per heavy atom. The summed E-state index contributed by atoms with van der Waals surface area (Å²) >= 11 is 0. The van der Waals surface area contributed by atoms with Crippen LogP contribution in [0.3, 0.4) is 0 Å². The maximum Gasteiger partial charge on any atom is 0.147 e. The van der Waals surface area contributed by atoms with E-state index in [0.29, 0.717) is 18.4 Å². The number of rotatable bonds is 4. The largest absolute Gasteiger partial charge is 0.493 e. The lowest BCUT2D eigenvalue weighted by molar-refractivity contribution is 0.163. The molecule has 1 aliphatic rings. The zero-order chi connectivity index (χ0) is 13.9. The van der Waals surface area contributed by atoms with Gasteiger partial charge in [0.2, 0.25) is 0 Å². The Kier molecular flexibility index (Phi) is 3.65. The van der Waals surface area contributed by atoms with Crippen molar-refractivity contribution in [2.45, 2.75) is 25.4 Å². The molecule has 0 radical (unpaired) electrons. The van der Waals surface area contributed by atoms with Crippen molar-refractivity contribution in [1.82, 2.24) is 4.98 Å². The first-order valence-electron chi connectivity index (χ1n) is 6.76. The van der Waals surface area contributed by atoms with Crippen molar-refractivity contribution in [2.24, 2.45) is 0 Å². The standard InChI is InChI=1S/C16H16FNO2/c17-14-10-18-7-5-13(14)15(19)3-1-11-2-4-16-12(9-11)6-8-20-16/h2,4-5,7,9-10,15,19H,1,3,6,8H2. The highest BCUT2D eigenvalue weighted by Gasteiger charge is 2.15. The van der Waals surface area contributed by atoms with E-state index in [0.717, 1.165) is 30.5 Å². The molecule has 0 amide bonds. The number of hydrogen-bond donors (Lipinski definition) is 1. The monoisotopic (exact) mass is 273 g/mol. The van der Waals surface area contributed by atoms with Gasteiger partial charge in [0.05, 0.1) is 18.9 Å². The molecule has 1 aromatic heterocycles. The quantitative estimate of drug-likeness (QED) is 0.931. The lowest BCUT2D eigenvalue weighted by atomic mass is 10.00. The van der Waals surface area contributed by atoms with Crippen molar-refractivity contribution < 1.29 is 14.2 Å². The summed E-state index contributed by atoms with van der Waals surface area (Å²) in [7, 11) is 0. The molecule has 1 aliphatic heterocycles. The smallest absolute Gasteiger partial charge is 0.147 e. The summed E-state index contributed by atoms with van der Waals surface area (Å²) in [4.78, 5) is 3.68. The van der Waals surface area contributed by atoms with E-state index in [-0.39, 0.29) is 0 Å². The van der Waals surface area contributed by atoms with Gasteiger partial charge in [-0.25, -0.2) is 4.39 Å². The topological polar surface area (TPSA) is 42.4 Å². The molecule has 0 spiro atoms. The minimum Gasteiger partial charge on any atom is -0.493 e. The van der Waals surface area contributed by atoms with Crippen LogP contribution in [0.2, 0.25) is 0 Å². The molecule has 2 heterocycles. The zero-order valence-corrected chi connectivity index (χ0v) is 11.1. The van der Waals surface area contributed by atoms with E-state index in [1.165, 1.54) is 17.8 Å². The molecular weight excluding hydrogens is 257 g/mol. The third-order valence-corrected chi connectivity index (χ3v) is 3.62. The van der Waals surface area contributed by atoms with Crippen LogP contribution in [0.4, 0.5) is 4.39 Å². The third-order valence-electron chi connectivity index (χ3n) is 3.62. The van der Waals surface area contributed by atoms with Gasteiger partial charge in [-0.1, -0.05) is 12.1 Å².